The van der Waals surface area contributed by atoms with E-state index in [0.29, 0.717) is 5.75 Å². The van der Waals surface area contributed by atoms with Crippen molar-refractivity contribution in [3.05, 3.63) is 281 Å². The zero-order valence-corrected chi connectivity index (χ0v) is 46.9. The summed E-state index contributed by atoms with van der Waals surface area (Å²) in [6.45, 7) is -0.468. The average molecular weight is 1160 g/mol. The van der Waals surface area contributed by atoms with Crippen molar-refractivity contribution >= 4 is 29.6 Å². The van der Waals surface area contributed by atoms with Gasteiger partial charge in [-0.25, -0.2) is 19.2 Å². The number of nitrogens with zero attached hydrogens (tertiary/aromatic N) is 1. The number of methoxy groups -OCH3 is 1. The van der Waals surface area contributed by atoms with E-state index < -0.39 is 85.8 Å². The van der Waals surface area contributed by atoms with Gasteiger partial charge in [0.15, 0.2) is 24.2 Å². The number of carbonyl (C=O) groups is 4. The highest BCUT2D eigenvalue weighted by atomic mass is 16.8. The highest BCUT2D eigenvalue weighted by molar-refractivity contribution is 5.99. The van der Waals surface area contributed by atoms with Crippen LogP contribution >= 0.6 is 0 Å². The minimum absolute atomic E-state index is 0.0212. The van der Waals surface area contributed by atoms with Gasteiger partial charge >= 0.3 is 23.9 Å². The molecule has 2 saturated heterocycles. The summed E-state index contributed by atoms with van der Waals surface area (Å²) in [7, 11) is 1.59. The van der Waals surface area contributed by atoms with E-state index in [-0.39, 0.29) is 61.0 Å². The Labute approximate surface area is 497 Å². The summed E-state index contributed by atoms with van der Waals surface area (Å²) in [6, 6.07) is 68.5. The first-order chi connectivity index (χ1) is 42.3. The molecule has 10 rings (SSSR count). The van der Waals surface area contributed by atoms with Crippen LogP contribution in [0.5, 0.6) is 5.75 Å². The number of ether oxygens (including phenoxy) is 11. The van der Waals surface area contributed by atoms with Gasteiger partial charge in [-0.15, -0.1) is 0 Å². The second kappa shape index (κ2) is 30.6. The van der Waals surface area contributed by atoms with E-state index in [0.717, 1.165) is 22.3 Å². The molecule has 17 heteroatoms. The predicted octanol–water partition coefficient (Wildman–Crippen LogP) is 11.0. The molecular weight excluding hydrogens is 1100 g/mol. The van der Waals surface area contributed by atoms with Gasteiger partial charge in [0.2, 0.25) is 6.29 Å². The molecule has 0 amide bonds. The van der Waals surface area contributed by atoms with Crippen molar-refractivity contribution < 1.29 is 76.1 Å². The van der Waals surface area contributed by atoms with Crippen LogP contribution in [0.2, 0.25) is 0 Å². The Morgan fingerprint density at radius 2 is 0.837 bits per heavy atom. The molecule has 0 saturated carbocycles. The lowest BCUT2D eigenvalue weighted by Gasteiger charge is -2.48. The molecule has 0 bridgehead atoms. The summed E-state index contributed by atoms with van der Waals surface area (Å²) in [4.78, 5) is 62.7. The van der Waals surface area contributed by atoms with Gasteiger partial charge in [0.1, 0.15) is 42.9 Å². The van der Waals surface area contributed by atoms with Gasteiger partial charge in [-0.05, 0) is 82.9 Å². The number of esters is 3. The van der Waals surface area contributed by atoms with E-state index in [4.69, 9.17) is 56.9 Å². The van der Waals surface area contributed by atoms with E-state index in [9.17, 15) is 19.2 Å². The van der Waals surface area contributed by atoms with Crippen molar-refractivity contribution in [1.29, 1.82) is 0 Å². The normalized spacial score (nSPS) is 21.4. The molecule has 0 aromatic heterocycles. The van der Waals surface area contributed by atoms with Gasteiger partial charge in [0.25, 0.3) is 0 Å². The molecule has 0 unspecified atom stereocenters. The number of hydrogen-bond donors (Lipinski definition) is 0. The number of benzene rings is 8. The minimum atomic E-state index is -1.83. The summed E-state index contributed by atoms with van der Waals surface area (Å²) in [5.74, 6) is -2.77. The number of rotatable bonds is 25. The first kappa shape index (κ1) is 60.0. The summed E-state index contributed by atoms with van der Waals surface area (Å²) in [6.07, 6.45) is -12.6. The van der Waals surface area contributed by atoms with E-state index in [1.54, 1.807) is 92.0 Å². The third kappa shape index (κ3) is 16.4. The van der Waals surface area contributed by atoms with Gasteiger partial charge in [-0.2, -0.15) is 0 Å². The summed E-state index contributed by atoms with van der Waals surface area (Å²) >= 11 is 0. The zero-order chi connectivity index (χ0) is 59.3. The van der Waals surface area contributed by atoms with Crippen LogP contribution in [-0.2, 0) is 78.6 Å². The van der Waals surface area contributed by atoms with E-state index >= 15 is 0 Å². The van der Waals surface area contributed by atoms with Crippen LogP contribution < -0.4 is 4.74 Å². The topological polar surface area (TPSA) is 191 Å². The van der Waals surface area contributed by atoms with Crippen LogP contribution in [-0.4, -0.2) is 105 Å². The third-order valence-electron chi connectivity index (χ3n) is 14.0. The average Bonchev–Trinajstić information content (AvgIpc) is 1.43. The summed E-state index contributed by atoms with van der Waals surface area (Å²) in [5, 5.41) is 4.44. The Balaban J connectivity index is 1.11. The molecule has 0 radical (unpaired) electrons. The fourth-order valence-electron chi connectivity index (χ4n) is 9.58. The zero-order valence-electron chi connectivity index (χ0n) is 46.9. The highest BCUT2D eigenvalue weighted by Crippen LogP contribution is 2.36. The van der Waals surface area contributed by atoms with Crippen molar-refractivity contribution in [3.8, 4) is 5.75 Å². The van der Waals surface area contributed by atoms with E-state index in [2.05, 4.69) is 5.16 Å². The fourth-order valence-corrected chi connectivity index (χ4v) is 9.58. The minimum Gasteiger partial charge on any atom is -0.497 e. The quantitative estimate of drug-likeness (QED) is 0.0227. The fraction of sp³-hybridized carbons (Fsp3) is 0.232. The molecular formula is C69H63NO16. The van der Waals surface area contributed by atoms with Crippen molar-refractivity contribution in [2.75, 3.05) is 20.3 Å². The van der Waals surface area contributed by atoms with Crippen molar-refractivity contribution in [2.24, 2.45) is 5.16 Å². The van der Waals surface area contributed by atoms with Crippen LogP contribution in [0.1, 0.15) is 63.7 Å². The smallest absolute Gasteiger partial charge is 0.365 e. The Hall–Kier alpha value is -9.17. The van der Waals surface area contributed by atoms with Crippen LogP contribution in [0.15, 0.2) is 242 Å². The molecule has 0 N–H and O–H groups in total. The molecule has 0 spiro atoms. The Kier molecular flexibility index (Phi) is 21.3. The second-order valence-corrected chi connectivity index (χ2v) is 20.0. The van der Waals surface area contributed by atoms with Crippen LogP contribution in [0.4, 0.5) is 0 Å². The standard InChI is InChI=1S/C69H63NO16/c1-75-55-39-37-50(38-40-55)44-80-69-63(78-43-49-27-13-4-14-28-49)62(77-42-48-25-11-3-12-26-48)60(56(82-69)45-76-41-47-23-9-2-10-24-47)85-68-58(70-86-67(74)54-35-21-8-22-36-54)61(84-66(73)53-33-19-7-20-34-53)59(83-65(72)52-31-17-6-18-32-52)57(81-68)46-79-64(71)51-29-15-5-16-30-51/h2-40,56-57,59-63,68-69H,41-46H2,1H3/b70-58+/t56-,57-,59-,60-,61-,62+,63-,68-,69-/m1/s1. The Morgan fingerprint density at radius 3 is 1.36 bits per heavy atom. The van der Waals surface area contributed by atoms with Crippen LogP contribution in [0.3, 0.4) is 0 Å². The molecule has 17 nitrogen and oxygen atoms in total. The molecule has 440 valence electrons. The third-order valence-corrected chi connectivity index (χ3v) is 14.0. The molecule has 8 aromatic carbocycles. The molecule has 0 aliphatic carbocycles. The number of oxime groups is 1. The molecule has 2 aliphatic heterocycles. The monoisotopic (exact) mass is 1160 g/mol. The largest absolute Gasteiger partial charge is 0.497 e. The maximum absolute atomic E-state index is 14.6. The lowest BCUT2D eigenvalue weighted by atomic mass is 9.96. The highest BCUT2D eigenvalue weighted by Gasteiger charge is 2.55. The van der Waals surface area contributed by atoms with Gasteiger partial charge in [0, 0.05) is 0 Å². The Bertz CT molecular complexity index is 3420. The van der Waals surface area contributed by atoms with Crippen LogP contribution in [0.25, 0.3) is 0 Å². The summed E-state index contributed by atoms with van der Waals surface area (Å²) < 4.78 is 72.6. The van der Waals surface area contributed by atoms with Gasteiger partial charge in [0.05, 0.1) is 62.4 Å². The SMILES string of the molecule is COc1ccc(CO[C@@H]2O[C@H](COCc3ccccc3)[C@@H](O[C@H]3O[C@H](COC(=O)c4ccccc4)[C@@H](OC(=O)c4ccccc4)[C@H](OC(=O)c4ccccc4)/C3=N\OC(=O)c3ccccc3)[C@H](OCc3ccccc3)[C@H]2OCc2ccccc2)cc1. The maximum atomic E-state index is 14.6. The number of carbonyl (C=O) groups excluding carboxylic acids is 4. The maximum Gasteiger partial charge on any atom is 0.365 e. The van der Waals surface area contributed by atoms with Crippen molar-refractivity contribution in [1.82, 2.24) is 0 Å². The summed E-state index contributed by atoms with van der Waals surface area (Å²) in [5.41, 5.74) is 3.44. The first-order valence-corrected chi connectivity index (χ1v) is 28.0. The van der Waals surface area contributed by atoms with E-state index in [1.807, 2.05) is 115 Å². The van der Waals surface area contributed by atoms with Gasteiger partial charge in [-0.3, -0.25) is 0 Å². The molecule has 2 aliphatic rings. The first-order valence-electron chi connectivity index (χ1n) is 28.0. The van der Waals surface area contributed by atoms with Crippen LogP contribution in [0, 0.1) is 0 Å². The van der Waals surface area contributed by atoms with Gasteiger partial charge < -0.3 is 56.9 Å². The molecule has 2 fully saturated rings. The van der Waals surface area contributed by atoms with Crippen molar-refractivity contribution in [2.45, 2.75) is 81.7 Å². The van der Waals surface area contributed by atoms with Crippen molar-refractivity contribution in [3.63, 3.8) is 0 Å². The second-order valence-electron chi connectivity index (χ2n) is 20.0. The molecule has 8 aromatic rings. The molecule has 2 heterocycles. The lowest BCUT2D eigenvalue weighted by Crippen LogP contribution is -2.65. The predicted molar refractivity (Wildman–Crippen MR) is 313 cm³/mol. The lowest BCUT2D eigenvalue weighted by molar-refractivity contribution is -0.345. The van der Waals surface area contributed by atoms with E-state index in [1.165, 1.54) is 36.4 Å². The number of hydrogen-bond acceptors (Lipinski definition) is 17. The Morgan fingerprint density at radius 1 is 0.407 bits per heavy atom. The molecule has 86 heavy (non-hydrogen) atoms. The van der Waals surface area contributed by atoms with Gasteiger partial charge in [-0.1, -0.05) is 181 Å². The molecule has 9 atom stereocenters.